The van der Waals surface area contributed by atoms with Gasteiger partial charge in [0, 0.05) is 5.56 Å². The zero-order chi connectivity index (χ0) is 14.0. The van der Waals surface area contributed by atoms with Gasteiger partial charge in [-0.2, -0.15) is 0 Å². The molecule has 2 rings (SSSR count). The van der Waals surface area contributed by atoms with Crippen molar-refractivity contribution in [2.75, 3.05) is 0 Å². The summed E-state index contributed by atoms with van der Waals surface area (Å²) in [5.41, 5.74) is 4.08. The van der Waals surface area contributed by atoms with Crippen molar-refractivity contribution in [1.29, 1.82) is 0 Å². The maximum atomic E-state index is 13.4. The number of hydrogen-bond acceptors (Lipinski definition) is 3. The molecular formula is C12H10Cl3FN2S. The first kappa shape index (κ1) is 15.0. The molecule has 0 saturated heterocycles. The second-order valence-corrected chi connectivity index (χ2v) is 6.58. The fourth-order valence-electron chi connectivity index (χ4n) is 1.78. The minimum absolute atomic E-state index is 0.0974. The normalized spacial score (nSPS) is 12.7. The molecule has 2 nitrogen and oxygen atoms in total. The van der Waals surface area contributed by atoms with Crippen LogP contribution in [0.5, 0.6) is 0 Å². The van der Waals surface area contributed by atoms with Crippen LogP contribution in [-0.4, -0.2) is 0 Å². The molecule has 0 aliphatic rings. The lowest BCUT2D eigenvalue weighted by Crippen LogP contribution is -2.29. The van der Waals surface area contributed by atoms with Crippen molar-refractivity contribution in [2.24, 2.45) is 5.84 Å². The van der Waals surface area contributed by atoms with Gasteiger partial charge < -0.3 is 0 Å². The van der Waals surface area contributed by atoms with Crippen molar-refractivity contribution < 1.29 is 4.39 Å². The number of halogens is 4. The third kappa shape index (κ3) is 3.40. The molecule has 0 aliphatic carbocycles. The highest BCUT2D eigenvalue weighted by atomic mass is 35.5. The smallest absolute Gasteiger partial charge is 0.142 e. The number of thiophene rings is 1. The number of hydrogen-bond donors (Lipinski definition) is 2. The number of rotatable bonds is 4. The molecule has 0 spiro atoms. The predicted molar refractivity (Wildman–Crippen MR) is 79.5 cm³/mol. The molecule has 1 atom stereocenters. The number of hydrazine groups is 1. The second kappa shape index (κ2) is 6.39. The third-order valence-corrected chi connectivity index (χ3v) is 4.66. The molecule has 0 aliphatic heterocycles. The van der Waals surface area contributed by atoms with Crippen LogP contribution in [0.1, 0.15) is 17.2 Å². The Bertz CT molecular complexity index is 588. The Kier molecular flexibility index (Phi) is 5.06. The summed E-state index contributed by atoms with van der Waals surface area (Å²) in [4.78, 5) is 0. The van der Waals surface area contributed by atoms with E-state index in [2.05, 4.69) is 5.43 Å². The van der Waals surface area contributed by atoms with Gasteiger partial charge in [-0.1, -0.05) is 46.9 Å². The van der Waals surface area contributed by atoms with Crippen LogP contribution in [0, 0.1) is 5.82 Å². The summed E-state index contributed by atoms with van der Waals surface area (Å²) >= 11 is 19.2. The summed E-state index contributed by atoms with van der Waals surface area (Å²) in [5, 5.41) is 0.0974. The van der Waals surface area contributed by atoms with Crippen LogP contribution in [-0.2, 0) is 6.42 Å². The molecule has 19 heavy (non-hydrogen) atoms. The molecule has 0 radical (unpaired) electrons. The van der Waals surface area contributed by atoms with Gasteiger partial charge in [0.2, 0.25) is 0 Å². The fraction of sp³-hybridized carbons (Fsp3) is 0.167. The molecular weight excluding hydrogens is 330 g/mol. The molecule has 102 valence electrons. The van der Waals surface area contributed by atoms with Crippen molar-refractivity contribution in [3.63, 3.8) is 0 Å². The van der Waals surface area contributed by atoms with Crippen LogP contribution in [0.3, 0.4) is 0 Å². The van der Waals surface area contributed by atoms with Gasteiger partial charge in [-0.05, 0) is 24.1 Å². The summed E-state index contributed by atoms with van der Waals surface area (Å²) in [5.74, 6) is 5.08. The van der Waals surface area contributed by atoms with E-state index in [1.807, 2.05) is 0 Å². The van der Waals surface area contributed by atoms with Crippen molar-refractivity contribution in [3.05, 3.63) is 54.9 Å². The monoisotopic (exact) mass is 338 g/mol. The Morgan fingerprint density at radius 3 is 2.63 bits per heavy atom. The zero-order valence-electron chi connectivity index (χ0n) is 9.59. The minimum Gasteiger partial charge on any atom is -0.271 e. The molecule has 1 aromatic heterocycles. The highest BCUT2D eigenvalue weighted by Gasteiger charge is 2.19. The van der Waals surface area contributed by atoms with Crippen LogP contribution in [0.15, 0.2) is 24.3 Å². The van der Waals surface area contributed by atoms with E-state index >= 15 is 0 Å². The summed E-state index contributed by atoms with van der Waals surface area (Å²) in [6.45, 7) is 0. The molecule has 1 heterocycles. The quantitative estimate of drug-likeness (QED) is 0.631. The van der Waals surface area contributed by atoms with Gasteiger partial charge in [0.05, 0.1) is 19.7 Å². The first-order chi connectivity index (χ1) is 9.02. The Morgan fingerprint density at radius 2 is 2.05 bits per heavy atom. The Morgan fingerprint density at radius 1 is 1.32 bits per heavy atom. The number of benzene rings is 1. The van der Waals surface area contributed by atoms with Crippen LogP contribution < -0.4 is 11.3 Å². The van der Waals surface area contributed by atoms with E-state index in [9.17, 15) is 4.39 Å². The predicted octanol–water partition coefficient (Wildman–Crippen LogP) is 4.59. The van der Waals surface area contributed by atoms with E-state index in [1.165, 1.54) is 17.4 Å². The van der Waals surface area contributed by atoms with E-state index in [4.69, 9.17) is 40.6 Å². The van der Waals surface area contributed by atoms with E-state index in [0.717, 1.165) is 5.56 Å². The average molecular weight is 340 g/mol. The van der Waals surface area contributed by atoms with E-state index in [0.29, 0.717) is 20.7 Å². The maximum absolute atomic E-state index is 13.4. The Labute approximate surface area is 129 Å². The lowest BCUT2D eigenvalue weighted by atomic mass is 10.0. The lowest BCUT2D eigenvalue weighted by molar-refractivity contribution is 0.550. The molecule has 1 unspecified atom stereocenters. The van der Waals surface area contributed by atoms with E-state index in [1.54, 1.807) is 18.2 Å². The standard InChI is InChI=1S/C12H10Cl3FN2S/c13-10-5-7(12(15)19-10)9(18-17)4-6-2-1-3-8(16)11(6)14/h1-3,5,9,18H,4,17H2. The first-order valence-corrected chi connectivity index (χ1v) is 7.31. The van der Waals surface area contributed by atoms with Gasteiger partial charge in [0.1, 0.15) is 5.82 Å². The van der Waals surface area contributed by atoms with Gasteiger partial charge in [-0.15, -0.1) is 11.3 Å². The maximum Gasteiger partial charge on any atom is 0.142 e. The summed E-state index contributed by atoms with van der Waals surface area (Å²) < 4.78 is 14.5. The molecule has 0 fully saturated rings. The van der Waals surface area contributed by atoms with E-state index in [-0.39, 0.29) is 11.1 Å². The van der Waals surface area contributed by atoms with Crippen molar-refractivity contribution in [3.8, 4) is 0 Å². The van der Waals surface area contributed by atoms with Crippen molar-refractivity contribution in [2.45, 2.75) is 12.5 Å². The SMILES string of the molecule is NNC(Cc1cccc(F)c1Cl)c1cc(Cl)sc1Cl. The first-order valence-electron chi connectivity index (χ1n) is 5.36. The summed E-state index contributed by atoms with van der Waals surface area (Å²) in [6, 6.07) is 6.12. The second-order valence-electron chi connectivity index (χ2n) is 3.92. The topological polar surface area (TPSA) is 38.0 Å². The van der Waals surface area contributed by atoms with Gasteiger partial charge in [0.15, 0.2) is 0 Å². The Balaban J connectivity index is 2.29. The van der Waals surface area contributed by atoms with Crippen molar-refractivity contribution >= 4 is 46.1 Å². The van der Waals surface area contributed by atoms with Gasteiger partial charge in [0.25, 0.3) is 0 Å². The van der Waals surface area contributed by atoms with Gasteiger partial charge in [-0.25, -0.2) is 4.39 Å². The summed E-state index contributed by atoms with van der Waals surface area (Å²) in [7, 11) is 0. The molecule has 3 N–H and O–H groups in total. The van der Waals surface area contributed by atoms with E-state index < -0.39 is 5.82 Å². The minimum atomic E-state index is -0.454. The largest absolute Gasteiger partial charge is 0.271 e. The highest BCUT2D eigenvalue weighted by molar-refractivity contribution is 7.20. The van der Waals surface area contributed by atoms with Crippen LogP contribution in [0.2, 0.25) is 13.7 Å². The zero-order valence-corrected chi connectivity index (χ0v) is 12.7. The van der Waals surface area contributed by atoms with Gasteiger partial charge >= 0.3 is 0 Å². The fourth-order valence-corrected chi connectivity index (χ4v) is 3.56. The number of nitrogens with two attached hydrogens (primary N) is 1. The third-order valence-electron chi connectivity index (χ3n) is 2.72. The lowest BCUT2D eigenvalue weighted by Gasteiger charge is -2.16. The van der Waals surface area contributed by atoms with Crippen LogP contribution in [0.4, 0.5) is 4.39 Å². The molecule has 0 amide bonds. The molecule has 1 aromatic carbocycles. The van der Waals surface area contributed by atoms with Crippen LogP contribution in [0.25, 0.3) is 0 Å². The molecule has 2 aromatic rings. The number of nitrogens with one attached hydrogen (secondary N) is 1. The summed E-state index contributed by atoms with van der Waals surface area (Å²) in [6.07, 6.45) is 0.417. The molecule has 0 saturated carbocycles. The van der Waals surface area contributed by atoms with Crippen molar-refractivity contribution in [1.82, 2.24) is 5.43 Å². The molecule has 7 heteroatoms. The Hall–Kier alpha value is -0.360. The average Bonchev–Trinajstić information content (AvgIpc) is 2.70. The van der Waals surface area contributed by atoms with Gasteiger partial charge in [-0.3, -0.25) is 11.3 Å². The van der Waals surface area contributed by atoms with Crippen LogP contribution >= 0.6 is 46.1 Å². The highest BCUT2D eigenvalue weighted by Crippen LogP contribution is 2.36. The molecule has 0 bridgehead atoms.